The number of aromatic nitrogens is 1. The number of hydrogen-bond donors (Lipinski definition) is 1. The molecule has 0 amide bonds. The number of nitrogen functional groups attached to an aromatic ring is 1. The van der Waals surface area contributed by atoms with Crippen molar-refractivity contribution in [3.63, 3.8) is 0 Å². The second kappa shape index (κ2) is 4.70. The minimum Gasteiger partial charge on any atom is -0.397 e. The molecular weight excluding hydrogens is 238 g/mol. The van der Waals surface area contributed by atoms with Crippen LogP contribution in [-0.2, 0) is 4.74 Å². The van der Waals surface area contributed by atoms with E-state index >= 15 is 0 Å². The molecule has 1 saturated heterocycles. The van der Waals surface area contributed by atoms with Gasteiger partial charge in [-0.1, -0.05) is 0 Å². The number of anilines is 2. The van der Waals surface area contributed by atoms with Crippen molar-refractivity contribution in [1.82, 2.24) is 4.98 Å². The molecule has 100 valence electrons. The van der Waals surface area contributed by atoms with Crippen LogP contribution in [0.4, 0.5) is 11.4 Å². The molecule has 4 heteroatoms. The van der Waals surface area contributed by atoms with Crippen LogP contribution in [0.15, 0.2) is 30.5 Å². The van der Waals surface area contributed by atoms with Gasteiger partial charge in [-0.25, -0.2) is 0 Å². The summed E-state index contributed by atoms with van der Waals surface area (Å²) in [5, 5.41) is 1.11. The van der Waals surface area contributed by atoms with Crippen molar-refractivity contribution in [2.45, 2.75) is 26.0 Å². The number of morpholine rings is 1. The maximum absolute atomic E-state index is 6.01. The number of rotatable bonds is 1. The van der Waals surface area contributed by atoms with Gasteiger partial charge in [0, 0.05) is 29.9 Å². The van der Waals surface area contributed by atoms with Crippen molar-refractivity contribution >= 4 is 22.3 Å². The number of hydrogen-bond acceptors (Lipinski definition) is 4. The van der Waals surface area contributed by atoms with Crippen molar-refractivity contribution < 1.29 is 4.74 Å². The van der Waals surface area contributed by atoms with Crippen molar-refractivity contribution in [3.05, 3.63) is 30.5 Å². The number of ether oxygens (including phenoxy) is 1. The van der Waals surface area contributed by atoms with Gasteiger partial charge in [-0.2, -0.15) is 0 Å². The summed E-state index contributed by atoms with van der Waals surface area (Å²) in [5.41, 5.74) is 8.82. The Kier molecular flexibility index (Phi) is 3.03. The van der Waals surface area contributed by atoms with Gasteiger partial charge in [0.1, 0.15) is 0 Å². The summed E-state index contributed by atoms with van der Waals surface area (Å²) in [4.78, 5) is 6.78. The highest BCUT2D eigenvalue weighted by Crippen LogP contribution is 2.32. The molecule has 2 unspecified atom stereocenters. The van der Waals surface area contributed by atoms with E-state index in [9.17, 15) is 0 Å². The van der Waals surface area contributed by atoms with Crippen LogP contribution in [0.3, 0.4) is 0 Å². The molecule has 1 aromatic carbocycles. The summed E-state index contributed by atoms with van der Waals surface area (Å²) >= 11 is 0. The van der Waals surface area contributed by atoms with E-state index in [2.05, 4.69) is 35.9 Å². The van der Waals surface area contributed by atoms with Crippen LogP contribution in [0.1, 0.15) is 13.8 Å². The summed E-state index contributed by atoms with van der Waals surface area (Å²) in [6.07, 6.45) is 2.04. The van der Waals surface area contributed by atoms with Crippen LogP contribution in [0.25, 0.3) is 10.9 Å². The van der Waals surface area contributed by atoms with Gasteiger partial charge in [-0.05, 0) is 38.1 Å². The summed E-state index contributed by atoms with van der Waals surface area (Å²) in [7, 11) is 0. The lowest BCUT2D eigenvalue weighted by atomic mass is 10.1. The van der Waals surface area contributed by atoms with E-state index < -0.39 is 0 Å². The molecule has 0 bridgehead atoms. The van der Waals surface area contributed by atoms with Gasteiger partial charge in [-0.15, -0.1) is 0 Å². The van der Waals surface area contributed by atoms with Crippen LogP contribution < -0.4 is 10.6 Å². The van der Waals surface area contributed by atoms with Gasteiger partial charge in [-0.3, -0.25) is 4.98 Å². The Labute approximate surface area is 113 Å². The first kappa shape index (κ1) is 12.2. The Morgan fingerprint density at radius 1 is 1.32 bits per heavy atom. The van der Waals surface area contributed by atoms with Gasteiger partial charge in [0.2, 0.25) is 0 Å². The molecule has 1 aromatic heterocycles. The first-order valence-corrected chi connectivity index (χ1v) is 6.68. The van der Waals surface area contributed by atoms with Crippen LogP contribution in [0.5, 0.6) is 0 Å². The van der Waals surface area contributed by atoms with Crippen molar-refractivity contribution in [1.29, 1.82) is 0 Å². The number of nitrogens with two attached hydrogens (primary N) is 1. The molecule has 2 heterocycles. The van der Waals surface area contributed by atoms with E-state index in [0.717, 1.165) is 29.7 Å². The van der Waals surface area contributed by atoms with E-state index in [4.69, 9.17) is 10.5 Å². The standard InChI is InChI=1S/C15H19N3O/c1-10-9-19-11(2)8-18(10)14-6-5-13(16)15-12(14)4-3-7-17-15/h3-7,10-11H,8-9,16H2,1-2H3. The first-order valence-electron chi connectivity index (χ1n) is 6.68. The van der Waals surface area contributed by atoms with E-state index in [0.29, 0.717) is 6.04 Å². The van der Waals surface area contributed by atoms with Crippen LogP contribution in [0.2, 0.25) is 0 Å². The molecular formula is C15H19N3O. The minimum atomic E-state index is 0.250. The van der Waals surface area contributed by atoms with Crippen LogP contribution in [0, 0.1) is 0 Å². The highest BCUT2D eigenvalue weighted by molar-refractivity contribution is 5.98. The predicted molar refractivity (Wildman–Crippen MR) is 78.4 cm³/mol. The van der Waals surface area contributed by atoms with Crippen molar-refractivity contribution in [2.75, 3.05) is 23.8 Å². The zero-order valence-corrected chi connectivity index (χ0v) is 11.3. The topological polar surface area (TPSA) is 51.4 Å². The average molecular weight is 257 g/mol. The zero-order chi connectivity index (χ0) is 13.4. The SMILES string of the molecule is CC1CN(c2ccc(N)c3ncccc23)C(C)CO1. The zero-order valence-electron chi connectivity index (χ0n) is 11.3. The third-order valence-corrected chi connectivity index (χ3v) is 3.70. The molecule has 1 aliphatic rings. The van der Waals surface area contributed by atoms with Gasteiger partial charge in [0.15, 0.2) is 0 Å². The fraction of sp³-hybridized carbons (Fsp3) is 0.400. The van der Waals surface area contributed by atoms with E-state index in [1.807, 2.05) is 12.1 Å². The molecule has 4 nitrogen and oxygen atoms in total. The average Bonchev–Trinajstić information content (AvgIpc) is 2.43. The monoisotopic (exact) mass is 257 g/mol. The summed E-state index contributed by atoms with van der Waals surface area (Å²) in [6, 6.07) is 8.44. The largest absolute Gasteiger partial charge is 0.397 e. The highest BCUT2D eigenvalue weighted by Gasteiger charge is 2.25. The van der Waals surface area contributed by atoms with Gasteiger partial charge < -0.3 is 15.4 Å². The molecule has 0 aliphatic carbocycles. The second-order valence-electron chi connectivity index (χ2n) is 5.22. The molecule has 3 rings (SSSR count). The Hall–Kier alpha value is -1.81. The minimum absolute atomic E-state index is 0.250. The summed E-state index contributed by atoms with van der Waals surface area (Å²) in [6.45, 7) is 5.95. The number of benzene rings is 1. The Morgan fingerprint density at radius 2 is 2.16 bits per heavy atom. The maximum atomic E-state index is 6.01. The summed E-state index contributed by atoms with van der Waals surface area (Å²) < 4.78 is 5.70. The lowest BCUT2D eigenvalue weighted by molar-refractivity contribution is 0.0345. The predicted octanol–water partition coefficient (Wildman–Crippen LogP) is 2.43. The third kappa shape index (κ3) is 2.12. The lowest BCUT2D eigenvalue weighted by Crippen LogP contribution is -2.47. The van der Waals surface area contributed by atoms with Gasteiger partial charge >= 0.3 is 0 Å². The highest BCUT2D eigenvalue weighted by atomic mass is 16.5. The molecule has 2 aromatic rings. The molecule has 19 heavy (non-hydrogen) atoms. The summed E-state index contributed by atoms with van der Waals surface area (Å²) in [5.74, 6) is 0. The first-order chi connectivity index (χ1) is 9.16. The molecule has 0 saturated carbocycles. The normalized spacial score (nSPS) is 23.8. The molecule has 0 radical (unpaired) electrons. The molecule has 1 aliphatic heterocycles. The van der Waals surface area contributed by atoms with E-state index in [1.54, 1.807) is 6.20 Å². The van der Waals surface area contributed by atoms with Crippen LogP contribution >= 0.6 is 0 Å². The number of nitrogens with zero attached hydrogens (tertiary/aromatic N) is 2. The quantitative estimate of drug-likeness (QED) is 0.797. The van der Waals surface area contributed by atoms with E-state index in [-0.39, 0.29) is 6.10 Å². The molecule has 1 fully saturated rings. The van der Waals surface area contributed by atoms with E-state index in [1.165, 1.54) is 5.69 Å². The van der Waals surface area contributed by atoms with Crippen molar-refractivity contribution in [2.24, 2.45) is 0 Å². The van der Waals surface area contributed by atoms with Gasteiger partial charge in [0.25, 0.3) is 0 Å². The molecule has 2 N–H and O–H groups in total. The van der Waals surface area contributed by atoms with Crippen molar-refractivity contribution in [3.8, 4) is 0 Å². The fourth-order valence-electron chi connectivity index (χ4n) is 2.67. The third-order valence-electron chi connectivity index (χ3n) is 3.70. The maximum Gasteiger partial charge on any atom is 0.0951 e. The Morgan fingerprint density at radius 3 is 3.00 bits per heavy atom. The number of pyridine rings is 1. The van der Waals surface area contributed by atoms with Gasteiger partial charge in [0.05, 0.1) is 23.9 Å². The number of fused-ring (bicyclic) bond motifs is 1. The van der Waals surface area contributed by atoms with Crippen LogP contribution in [-0.4, -0.2) is 30.3 Å². The fourth-order valence-corrected chi connectivity index (χ4v) is 2.67. The lowest BCUT2D eigenvalue weighted by Gasteiger charge is -2.39. The smallest absolute Gasteiger partial charge is 0.0951 e. The Balaban J connectivity index is 2.12. The molecule has 2 atom stereocenters. The Bertz CT molecular complexity index is 599. The molecule has 0 spiro atoms. The second-order valence-corrected chi connectivity index (χ2v) is 5.22.